The highest BCUT2D eigenvalue weighted by Crippen LogP contribution is 2.30. The standard InChI is InChI=1S/C12H10N6O3S/c1-7-5-8(18(19)20)6-14-11(7)22-12-16-15-10(17(12)13)9-3-2-4-21-9/h2-6H,13H2,1H3. The Morgan fingerprint density at radius 3 is 2.91 bits per heavy atom. The summed E-state index contributed by atoms with van der Waals surface area (Å²) in [6.45, 7) is 1.73. The van der Waals surface area contributed by atoms with Gasteiger partial charge in [0.05, 0.1) is 11.2 Å². The zero-order chi connectivity index (χ0) is 15.7. The van der Waals surface area contributed by atoms with Crippen molar-refractivity contribution in [2.75, 3.05) is 5.84 Å². The Hall–Kier alpha value is -2.88. The van der Waals surface area contributed by atoms with E-state index < -0.39 is 4.92 Å². The van der Waals surface area contributed by atoms with Crippen LogP contribution in [-0.4, -0.2) is 24.8 Å². The fourth-order valence-electron chi connectivity index (χ4n) is 1.76. The maximum atomic E-state index is 10.7. The second kappa shape index (κ2) is 5.48. The van der Waals surface area contributed by atoms with Crippen molar-refractivity contribution < 1.29 is 9.34 Å². The smallest absolute Gasteiger partial charge is 0.287 e. The lowest BCUT2D eigenvalue weighted by Gasteiger charge is -2.04. The van der Waals surface area contributed by atoms with Crippen LogP contribution in [0.5, 0.6) is 0 Å². The molecule has 0 aliphatic heterocycles. The number of furan rings is 1. The van der Waals surface area contributed by atoms with Gasteiger partial charge in [-0.15, -0.1) is 10.2 Å². The monoisotopic (exact) mass is 318 g/mol. The van der Waals surface area contributed by atoms with Gasteiger partial charge in [-0.25, -0.2) is 9.66 Å². The molecule has 0 fully saturated rings. The topological polar surface area (TPSA) is 126 Å². The molecule has 0 unspecified atom stereocenters. The van der Waals surface area contributed by atoms with Crippen LogP contribution in [0.25, 0.3) is 11.6 Å². The highest BCUT2D eigenvalue weighted by molar-refractivity contribution is 7.99. The molecule has 2 N–H and O–H groups in total. The fourth-order valence-corrected chi connectivity index (χ4v) is 2.53. The number of pyridine rings is 1. The van der Waals surface area contributed by atoms with Gasteiger partial charge in [-0.2, -0.15) is 0 Å². The minimum absolute atomic E-state index is 0.0626. The van der Waals surface area contributed by atoms with Gasteiger partial charge in [0.15, 0.2) is 5.76 Å². The van der Waals surface area contributed by atoms with Crippen molar-refractivity contribution in [3.05, 3.63) is 46.3 Å². The molecule has 0 saturated carbocycles. The van der Waals surface area contributed by atoms with Crippen molar-refractivity contribution in [3.8, 4) is 11.6 Å². The van der Waals surface area contributed by atoms with E-state index in [1.54, 1.807) is 19.1 Å². The van der Waals surface area contributed by atoms with Gasteiger partial charge in [0, 0.05) is 6.07 Å². The molecular formula is C12H10N6O3S. The van der Waals surface area contributed by atoms with Crippen molar-refractivity contribution >= 4 is 17.4 Å². The Balaban J connectivity index is 1.90. The van der Waals surface area contributed by atoms with E-state index in [9.17, 15) is 10.1 Å². The Morgan fingerprint density at radius 2 is 2.27 bits per heavy atom. The van der Waals surface area contributed by atoms with Crippen LogP contribution in [0.2, 0.25) is 0 Å². The molecule has 0 bridgehead atoms. The summed E-state index contributed by atoms with van der Waals surface area (Å²) in [5.41, 5.74) is 0.592. The SMILES string of the molecule is Cc1cc([N+](=O)[O-])cnc1Sc1nnc(-c2ccco2)n1N. The van der Waals surface area contributed by atoms with E-state index in [4.69, 9.17) is 10.3 Å². The summed E-state index contributed by atoms with van der Waals surface area (Å²) in [6.07, 6.45) is 2.71. The first kappa shape index (κ1) is 14.1. The molecule has 3 aromatic heterocycles. The van der Waals surface area contributed by atoms with E-state index in [1.807, 2.05) is 0 Å². The summed E-state index contributed by atoms with van der Waals surface area (Å²) in [6, 6.07) is 4.88. The molecule has 22 heavy (non-hydrogen) atoms. The number of nitrogens with two attached hydrogens (primary N) is 1. The van der Waals surface area contributed by atoms with E-state index in [-0.39, 0.29) is 5.69 Å². The van der Waals surface area contributed by atoms with Crippen LogP contribution >= 0.6 is 11.8 Å². The predicted octanol–water partition coefficient (Wildman–Crippen LogP) is 2.01. The molecule has 9 nitrogen and oxygen atoms in total. The van der Waals surface area contributed by atoms with Gasteiger partial charge >= 0.3 is 0 Å². The molecule has 0 spiro atoms. The van der Waals surface area contributed by atoms with Gasteiger partial charge < -0.3 is 10.3 Å². The van der Waals surface area contributed by atoms with E-state index in [0.29, 0.717) is 27.3 Å². The first-order valence-corrected chi connectivity index (χ1v) is 6.91. The highest BCUT2D eigenvalue weighted by atomic mass is 32.2. The van der Waals surface area contributed by atoms with Crippen LogP contribution in [0.3, 0.4) is 0 Å². The predicted molar refractivity (Wildman–Crippen MR) is 77.6 cm³/mol. The molecule has 3 aromatic rings. The number of nitrogens with zero attached hydrogens (tertiary/aromatic N) is 5. The molecule has 112 valence electrons. The first-order chi connectivity index (χ1) is 10.6. The minimum atomic E-state index is -0.491. The van der Waals surface area contributed by atoms with Crippen LogP contribution in [0.15, 0.2) is 45.3 Å². The Morgan fingerprint density at radius 1 is 1.45 bits per heavy atom. The number of aryl methyl sites for hydroxylation is 1. The number of hydrogen-bond acceptors (Lipinski definition) is 8. The maximum Gasteiger partial charge on any atom is 0.287 e. The molecule has 0 atom stereocenters. The molecular weight excluding hydrogens is 308 g/mol. The summed E-state index contributed by atoms with van der Waals surface area (Å²) in [5.74, 6) is 6.82. The average Bonchev–Trinajstić information content (AvgIpc) is 3.11. The van der Waals surface area contributed by atoms with Crippen LogP contribution in [0.4, 0.5) is 5.69 Å². The Kier molecular flexibility index (Phi) is 3.51. The number of aromatic nitrogens is 4. The van der Waals surface area contributed by atoms with Crippen LogP contribution in [0.1, 0.15) is 5.56 Å². The minimum Gasteiger partial charge on any atom is -0.461 e. The molecule has 3 heterocycles. The molecule has 0 radical (unpaired) electrons. The molecule has 0 aromatic carbocycles. The van der Waals surface area contributed by atoms with Gasteiger partial charge in [0.25, 0.3) is 5.69 Å². The molecule has 3 rings (SSSR count). The van der Waals surface area contributed by atoms with Gasteiger partial charge in [-0.05, 0) is 36.4 Å². The Bertz CT molecular complexity index is 830. The molecule has 0 amide bonds. The van der Waals surface area contributed by atoms with Crippen molar-refractivity contribution in [2.24, 2.45) is 0 Å². The average molecular weight is 318 g/mol. The third-order valence-corrected chi connectivity index (χ3v) is 3.90. The summed E-state index contributed by atoms with van der Waals surface area (Å²) < 4.78 is 6.51. The van der Waals surface area contributed by atoms with E-state index >= 15 is 0 Å². The third-order valence-electron chi connectivity index (χ3n) is 2.82. The second-order valence-electron chi connectivity index (χ2n) is 4.33. The van der Waals surface area contributed by atoms with Crippen molar-refractivity contribution in [2.45, 2.75) is 17.1 Å². The summed E-state index contributed by atoms with van der Waals surface area (Å²) in [7, 11) is 0. The summed E-state index contributed by atoms with van der Waals surface area (Å²) in [5, 5.41) is 19.6. The van der Waals surface area contributed by atoms with Gasteiger partial charge in [-0.3, -0.25) is 10.1 Å². The quantitative estimate of drug-likeness (QED) is 0.440. The Labute approximate surface area is 128 Å². The molecule has 10 heteroatoms. The van der Waals surface area contributed by atoms with Crippen molar-refractivity contribution in [1.82, 2.24) is 19.9 Å². The first-order valence-electron chi connectivity index (χ1n) is 6.09. The normalized spacial score (nSPS) is 10.8. The zero-order valence-corrected chi connectivity index (χ0v) is 12.1. The molecule has 0 aliphatic rings. The lowest BCUT2D eigenvalue weighted by atomic mass is 10.3. The highest BCUT2D eigenvalue weighted by Gasteiger charge is 2.17. The van der Waals surface area contributed by atoms with E-state index in [2.05, 4.69) is 15.2 Å². The summed E-state index contributed by atoms with van der Waals surface area (Å²) in [4.78, 5) is 14.3. The van der Waals surface area contributed by atoms with Crippen molar-refractivity contribution in [1.29, 1.82) is 0 Å². The van der Waals surface area contributed by atoms with Crippen LogP contribution < -0.4 is 5.84 Å². The lowest BCUT2D eigenvalue weighted by Crippen LogP contribution is -2.11. The van der Waals surface area contributed by atoms with E-state index in [0.717, 1.165) is 0 Å². The molecule has 0 aliphatic carbocycles. The number of hydrogen-bond donors (Lipinski definition) is 1. The zero-order valence-electron chi connectivity index (χ0n) is 11.3. The van der Waals surface area contributed by atoms with Crippen LogP contribution in [-0.2, 0) is 0 Å². The van der Waals surface area contributed by atoms with Crippen LogP contribution in [0, 0.1) is 17.0 Å². The molecule has 0 saturated heterocycles. The largest absolute Gasteiger partial charge is 0.461 e. The van der Waals surface area contributed by atoms with Gasteiger partial charge in [-0.1, -0.05) is 0 Å². The van der Waals surface area contributed by atoms with Gasteiger partial charge in [0.1, 0.15) is 11.2 Å². The maximum absolute atomic E-state index is 10.7. The second-order valence-corrected chi connectivity index (χ2v) is 5.28. The third kappa shape index (κ3) is 2.51. The number of nitrogen functional groups attached to an aromatic ring is 1. The van der Waals surface area contributed by atoms with Crippen molar-refractivity contribution in [3.63, 3.8) is 0 Å². The lowest BCUT2D eigenvalue weighted by molar-refractivity contribution is -0.385. The fraction of sp³-hybridized carbons (Fsp3) is 0.0833. The number of nitro groups is 1. The number of rotatable bonds is 4. The summed E-state index contributed by atoms with van der Waals surface area (Å²) >= 11 is 1.17. The van der Waals surface area contributed by atoms with E-state index in [1.165, 1.54) is 35.0 Å². The van der Waals surface area contributed by atoms with Gasteiger partial charge in [0.2, 0.25) is 11.0 Å².